The van der Waals surface area contributed by atoms with Crippen molar-refractivity contribution in [3.63, 3.8) is 0 Å². The summed E-state index contributed by atoms with van der Waals surface area (Å²) in [7, 11) is 3.52. The Bertz CT molecular complexity index is 421. The molecule has 0 spiro atoms. The fourth-order valence-corrected chi connectivity index (χ4v) is 3.39. The molecule has 1 heterocycles. The number of rotatable bonds is 5. The van der Waals surface area contributed by atoms with Crippen LogP contribution in [0, 0.1) is 0 Å². The number of nitrogens with zero attached hydrogens (tertiary/aromatic N) is 3. The highest BCUT2D eigenvalue weighted by molar-refractivity contribution is 14.0. The first-order valence-electron chi connectivity index (χ1n) is 8.97. The fourth-order valence-electron chi connectivity index (χ4n) is 3.39. The van der Waals surface area contributed by atoms with Crippen molar-refractivity contribution in [1.82, 2.24) is 20.4 Å². The van der Waals surface area contributed by atoms with E-state index >= 15 is 0 Å². The van der Waals surface area contributed by atoms with Crippen molar-refractivity contribution < 1.29 is 4.79 Å². The SMILES string of the molecule is CC(C)NC(=NCC(=O)N(C)C)NC1CCN(C2CCCC2)C1.I. The molecule has 2 rings (SSSR count). The van der Waals surface area contributed by atoms with Crippen LogP contribution in [0.4, 0.5) is 0 Å². The van der Waals surface area contributed by atoms with Gasteiger partial charge in [-0.2, -0.15) is 0 Å². The minimum Gasteiger partial charge on any atom is -0.354 e. The van der Waals surface area contributed by atoms with Gasteiger partial charge in [-0.25, -0.2) is 4.99 Å². The van der Waals surface area contributed by atoms with Gasteiger partial charge in [0.2, 0.25) is 5.91 Å². The maximum atomic E-state index is 11.8. The molecule has 1 saturated carbocycles. The summed E-state index contributed by atoms with van der Waals surface area (Å²) in [5, 5.41) is 6.86. The maximum Gasteiger partial charge on any atom is 0.243 e. The standard InChI is InChI=1S/C17H33N5O.HI/c1-13(2)19-17(18-11-16(23)21(3)4)20-14-9-10-22(12-14)15-7-5-6-8-15;/h13-15H,5-12H2,1-4H3,(H2,18,19,20);1H. The Balaban J connectivity index is 0.00000288. The summed E-state index contributed by atoms with van der Waals surface area (Å²) < 4.78 is 0. The highest BCUT2D eigenvalue weighted by Crippen LogP contribution is 2.26. The van der Waals surface area contributed by atoms with Gasteiger partial charge in [-0.1, -0.05) is 12.8 Å². The van der Waals surface area contributed by atoms with Crippen LogP contribution in [0.25, 0.3) is 0 Å². The molecule has 24 heavy (non-hydrogen) atoms. The zero-order valence-corrected chi connectivity index (χ0v) is 17.9. The van der Waals surface area contributed by atoms with E-state index in [1.165, 1.54) is 32.2 Å². The van der Waals surface area contributed by atoms with E-state index in [4.69, 9.17) is 0 Å². The van der Waals surface area contributed by atoms with Gasteiger partial charge in [0.1, 0.15) is 6.54 Å². The summed E-state index contributed by atoms with van der Waals surface area (Å²) in [4.78, 5) is 20.4. The lowest BCUT2D eigenvalue weighted by Gasteiger charge is -2.24. The Morgan fingerprint density at radius 2 is 1.92 bits per heavy atom. The summed E-state index contributed by atoms with van der Waals surface area (Å²) >= 11 is 0. The number of likely N-dealkylation sites (tertiary alicyclic amines) is 1. The molecule has 7 heteroatoms. The molecule has 2 N–H and O–H groups in total. The number of likely N-dealkylation sites (N-methyl/N-ethyl adjacent to an activating group) is 1. The Kier molecular flexibility index (Phi) is 9.33. The van der Waals surface area contributed by atoms with Crippen LogP contribution in [0.1, 0.15) is 46.0 Å². The van der Waals surface area contributed by atoms with E-state index in [0.29, 0.717) is 12.1 Å². The average Bonchev–Trinajstić information content (AvgIpc) is 3.14. The van der Waals surface area contributed by atoms with Gasteiger partial charge in [0.05, 0.1) is 0 Å². The van der Waals surface area contributed by atoms with Gasteiger partial charge < -0.3 is 15.5 Å². The van der Waals surface area contributed by atoms with Gasteiger partial charge in [0.25, 0.3) is 0 Å². The van der Waals surface area contributed by atoms with Crippen LogP contribution in [0.2, 0.25) is 0 Å². The normalized spacial score (nSPS) is 22.5. The number of halogens is 1. The number of carbonyl (C=O) groups excluding carboxylic acids is 1. The maximum absolute atomic E-state index is 11.8. The van der Waals surface area contributed by atoms with Crippen LogP contribution in [-0.4, -0.2) is 73.5 Å². The topological polar surface area (TPSA) is 60.0 Å². The first kappa shape index (κ1) is 21.5. The Morgan fingerprint density at radius 1 is 1.25 bits per heavy atom. The van der Waals surface area contributed by atoms with Crippen LogP contribution in [0.3, 0.4) is 0 Å². The lowest BCUT2D eigenvalue weighted by atomic mass is 10.2. The molecule has 0 aromatic carbocycles. The van der Waals surface area contributed by atoms with Crippen molar-refractivity contribution in [3.8, 4) is 0 Å². The van der Waals surface area contributed by atoms with E-state index < -0.39 is 0 Å². The number of hydrogen-bond acceptors (Lipinski definition) is 3. The van der Waals surface area contributed by atoms with Crippen molar-refractivity contribution in [2.45, 2.75) is 64.1 Å². The zero-order valence-electron chi connectivity index (χ0n) is 15.5. The quantitative estimate of drug-likeness (QED) is 0.379. The monoisotopic (exact) mass is 451 g/mol. The van der Waals surface area contributed by atoms with Gasteiger partial charge in [0.15, 0.2) is 5.96 Å². The molecule has 2 aliphatic rings. The largest absolute Gasteiger partial charge is 0.354 e. The molecule has 1 unspecified atom stereocenters. The van der Waals surface area contributed by atoms with E-state index in [2.05, 4.69) is 34.4 Å². The molecule has 0 bridgehead atoms. The average molecular weight is 451 g/mol. The third-order valence-corrected chi connectivity index (χ3v) is 4.70. The Hall–Kier alpha value is -0.570. The molecule has 0 radical (unpaired) electrons. The highest BCUT2D eigenvalue weighted by Gasteiger charge is 2.30. The predicted octanol–water partition coefficient (Wildman–Crippen LogP) is 1.65. The molecule has 1 aliphatic carbocycles. The van der Waals surface area contributed by atoms with Crippen molar-refractivity contribution in [2.75, 3.05) is 33.7 Å². The van der Waals surface area contributed by atoms with Gasteiger partial charge in [-0.05, 0) is 33.1 Å². The van der Waals surface area contributed by atoms with Crippen molar-refractivity contribution in [3.05, 3.63) is 0 Å². The highest BCUT2D eigenvalue weighted by atomic mass is 127. The minimum atomic E-state index is 0. The van der Waals surface area contributed by atoms with Gasteiger partial charge in [0, 0.05) is 45.3 Å². The summed E-state index contributed by atoms with van der Waals surface area (Å²) in [5.74, 6) is 0.780. The molecule has 1 amide bonds. The van der Waals surface area contributed by atoms with E-state index in [1.54, 1.807) is 19.0 Å². The smallest absolute Gasteiger partial charge is 0.243 e. The number of carbonyl (C=O) groups is 1. The first-order chi connectivity index (χ1) is 11.0. The zero-order chi connectivity index (χ0) is 16.8. The Labute approximate surface area is 163 Å². The fraction of sp³-hybridized carbons (Fsp3) is 0.882. The third kappa shape index (κ3) is 6.74. The van der Waals surface area contributed by atoms with Gasteiger partial charge in [-0.15, -0.1) is 24.0 Å². The molecule has 140 valence electrons. The second kappa shape index (κ2) is 10.4. The van der Waals surface area contributed by atoms with Crippen LogP contribution in [0.5, 0.6) is 0 Å². The molecule has 6 nitrogen and oxygen atoms in total. The molecule has 1 saturated heterocycles. The van der Waals surface area contributed by atoms with Gasteiger partial charge >= 0.3 is 0 Å². The van der Waals surface area contributed by atoms with Crippen molar-refractivity contribution in [1.29, 1.82) is 0 Å². The predicted molar refractivity (Wildman–Crippen MR) is 110 cm³/mol. The van der Waals surface area contributed by atoms with Gasteiger partial charge in [-0.3, -0.25) is 9.69 Å². The number of amides is 1. The second-order valence-corrected chi connectivity index (χ2v) is 7.32. The Morgan fingerprint density at radius 3 is 2.50 bits per heavy atom. The lowest BCUT2D eigenvalue weighted by molar-refractivity contribution is -0.127. The molecule has 2 fully saturated rings. The van der Waals surface area contributed by atoms with E-state index in [-0.39, 0.29) is 36.4 Å². The summed E-state index contributed by atoms with van der Waals surface area (Å²) in [5.41, 5.74) is 0. The molecular formula is C17H34IN5O. The minimum absolute atomic E-state index is 0. The summed E-state index contributed by atoms with van der Waals surface area (Å²) in [6.07, 6.45) is 6.63. The molecule has 1 atom stereocenters. The molecular weight excluding hydrogens is 417 g/mol. The lowest BCUT2D eigenvalue weighted by Crippen LogP contribution is -2.47. The molecule has 0 aromatic rings. The summed E-state index contributed by atoms with van der Waals surface area (Å²) in [6, 6.07) is 1.51. The molecule has 0 aromatic heterocycles. The van der Waals surface area contributed by atoms with Crippen LogP contribution < -0.4 is 10.6 Å². The number of hydrogen-bond donors (Lipinski definition) is 2. The van der Waals surface area contributed by atoms with Crippen molar-refractivity contribution in [2.24, 2.45) is 4.99 Å². The number of guanidine groups is 1. The van der Waals surface area contributed by atoms with E-state index in [9.17, 15) is 4.79 Å². The van der Waals surface area contributed by atoms with Crippen LogP contribution in [0.15, 0.2) is 4.99 Å². The summed E-state index contributed by atoms with van der Waals surface area (Å²) in [6.45, 7) is 6.63. The van der Waals surface area contributed by atoms with E-state index in [0.717, 1.165) is 25.0 Å². The third-order valence-electron chi connectivity index (χ3n) is 4.70. The van der Waals surface area contributed by atoms with Crippen LogP contribution >= 0.6 is 24.0 Å². The van der Waals surface area contributed by atoms with Crippen LogP contribution in [-0.2, 0) is 4.79 Å². The van der Waals surface area contributed by atoms with E-state index in [1.807, 2.05) is 0 Å². The molecule has 1 aliphatic heterocycles. The number of aliphatic imine (C=N–C) groups is 1. The first-order valence-corrected chi connectivity index (χ1v) is 8.97. The van der Waals surface area contributed by atoms with Crippen molar-refractivity contribution >= 4 is 35.8 Å². The number of nitrogens with one attached hydrogen (secondary N) is 2. The second-order valence-electron chi connectivity index (χ2n) is 7.32.